The van der Waals surface area contributed by atoms with E-state index in [-0.39, 0.29) is 36.6 Å². The number of nitrogens with two attached hydrogens (primary N) is 1. The summed E-state index contributed by atoms with van der Waals surface area (Å²) in [5, 5.41) is 0. The fourth-order valence-corrected chi connectivity index (χ4v) is 1.02. The highest BCUT2D eigenvalue weighted by atomic mass is 35.5. The Balaban J connectivity index is 0. The van der Waals surface area contributed by atoms with Gasteiger partial charge in [0.2, 0.25) is 0 Å². The third-order valence-corrected chi connectivity index (χ3v) is 1.66. The molecule has 0 amide bonds. The quantitative estimate of drug-likeness (QED) is 0.602. The first-order valence-corrected chi connectivity index (χ1v) is 3.17. The number of likely N-dealkylation sites (N-methyl/N-ethyl adjacent to an activating group) is 1. The first kappa shape index (κ1) is 13.7. The van der Waals surface area contributed by atoms with Crippen molar-refractivity contribution in [3.63, 3.8) is 0 Å². The lowest BCUT2D eigenvalue weighted by Gasteiger charge is -2.25. The van der Waals surface area contributed by atoms with Crippen molar-refractivity contribution < 1.29 is 4.79 Å². The number of piperidine rings is 1. The summed E-state index contributed by atoms with van der Waals surface area (Å²) in [5.41, 5.74) is 5.48. The van der Waals surface area contributed by atoms with E-state index in [1.165, 1.54) is 0 Å². The van der Waals surface area contributed by atoms with Crippen LogP contribution in [0.5, 0.6) is 0 Å². The standard InChI is InChI=1S/C6H12N2O.2ClH/c1-8-3-2-6(9)5(7)4-8;;/h5H,2-4,7H2,1H3;2*1H. The van der Waals surface area contributed by atoms with Crippen LogP contribution in [0.25, 0.3) is 0 Å². The van der Waals surface area contributed by atoms with E-state index in [4.69, 9.17) is 5.73 Å². The van der Waals surface area contributed by atoms with Gasteiger partial charge in [0.15, 0.2) is 5.78 Å². The van der Waals surface area contributed by atoms with Crippen LogP contribution < -0.4 is 5.73 Å². The Bertz CT molecular complexity index is 132. The number of rotatable bonds is 0. The molecule has 1 heterocycles. The molecule has 0 aliphatic carbocycles. The molecule has 1 atom stereocenters. The minimum Gasteiger partial charge on any atom is -0.320 e. The summed E-state index contributed by atoms with van der Waals surface area (Å²) in [5.74, 6) is 0.202. The maximum atomic E-state index is 10.8. The summed E-state index contributed by atoms with van der Waals surface area (Å²) >= 11 is 0. The number of Topliss-reactive ketones (excluding diaryl/α,β-unsaturated/α-hetero) is 1. The van der Waals surface area contributed by atoms with E-state index in [1.54, 1.807) is 0 Å². The van der Waals surface area contributed by atoms with Gasteiger partial charge in [0.25, 0.3) is 0 Å². The normalized spacial score (nSPS) is 25.3. The van der Waals surface area contributed by atoms with Crippen molar-refractivity contribution in [1.82, 2.24) is 4.90 Å². The molecule has 0 saturated carbocycles. The summed E-state index contributed by atoms with van der Waals surface area (Å²) < 4.78 is 0. The van der Waals surface area contributed by atoms with Crippen LogP contribution in [0, 0.1) is 0 Å². The van der Waals surface area contributed by atoms with Crippen molar-refractivity contribution in [2.24, 2.45) is 5.73 Å². The summed E-state index contributed by atoms with van der Waals surface area (Å²) in [6, 6.07) is -0.233. The summed E-state index contributed by atoms with van der Waals surface area (Å²) in [6.45, 7) is 1.59. The minimum atomic E-state index is -0.233. The van der Waals surface area contributed by atoms with Crippen LogP contribution >= 0.6 is 24.8 Å². The van der Waals surface area contributed by atoms with Crippen molar-refractivity contribution in [2.45, 2.75) is 12.5 Å². The molecule has 3 nitrogen and oxygen atoms in total. The molecular formula is C6H14Cl2N2O. The highest BCUT2D eigenvalue weighted by Crippen LogP contribution is 2.00. The van der Waals surface area contributed by atoms with Gasteiger partial charge < -0.3 is 10.6 Å². The lowest BCUT2D eigenvalue weighted by Crippen LogP contribution is -2.47. The zero-order chi connectivity index (χ0) is 6.85. The first-order valence-electron chi connectivity index (χ1n) is 3.17. The van der Waals surface area contributed by atoms with Crippen LogP contribution in [0.15, 0.2) is 0 Å². The summed E-state index contributed by atoms with van der Waals surface area (Å²) in [6.07, 6.45) is 0.623. The second-order valence-electron chi connectivity index (χ2n) is 2.59. The zero-order valence-corrected chi connectivity index (χ0v) is 8.08. The average molecular weight is 201 g/mol. The number of nitrogens with zero attached hydrogens (tertiary/aromatic N) is 1. The van der Waals surface area contributed by atoms with Gasteiger partial charge in [0.1, 0.15) is 0 Å². The Hall–Kier alpha value is 0.170. The van der Waals surface area contributed by atoms with Crippen LogP contribution in [-0.4, -0.2) is 36.9 Å². The molecule has 0 bridgehead atoms. The second-order valence-corrected chi connectivity index (χ2v) is 2.59. The smallest absolute Gasteiger partial charge is 0.152 e. The Morgan fingerprint density at radius 3 is 2.45 bits per heavy atom. The molecule has 11 heavy (non-hydrogen) atoms. The van der Waals surface area contributed by atoms with Crippen LogP contribution in [0.4, 0.5) is 0 Å². The first-order chi connectivity index (χ1) is 4.20. The van der Waals surface area contributed by atoms with E-state index in [1.807, 2.05) is 7.05 Å². The van der Waals surface area contributed by atoms with Gasteiger partial charge in [-0.3, -0.25) is 4.79 Å². The molecular weight excluding hydrogens is 187 g/mol. The van der Waals surface area contributed by atoms with E-state index >= 15 is 0 Å². The molecule has 2 N–H and O–H groups in total. The van der Waals surface area contributed by atoms with Crippen molar-refractivity contribution in [3.8, 4) is 0 Å². The van der Waals surface area contributed by atoms with Gasteiger partial charge in [-0.2, -0.15) is 0 Å². The molecule has 1 aliphatic rings. The third-order valence-electron chi connectivity index (χ3n) is 1.66. The van der Waals surface area contributed by atoms with Gasteiger partial charge in [0, 0.05) is 19.5 Å². The predicted molar refractivity (Wildman–Crippen MR) is 49.6 cm³/mol. The highest BCUT2D eigenvalue weighted by molar-refractivity contribution is 5.85. The minimum absolute atomic E-state index is 0. The third kappa shape index (κ3) is 3.91. The number of likely N-dealkylation sites (tertiary alicyclic amines) is 1. The molecule has 68 valence electrons. The van der Waals surface area contributed by atoms with Crippen molar-refractivity contribution >= 4 is 30.6 Å². The maximum absolute atomic E-state index is 10.8. The Morgan fingerprint density at radius 1 is 1.55 bits per heavy atom. The van der Waals surface area contributed by atoms with Crippen LogP contribution in [0.2, 0.25) is 0 Å². The second kappa shape index (κ2) is 5.77. The molecule has 0 spiro atoms. The number of ketones is 1. The van der Waals surface area contributed by atoms with E-state index in [0.29, 0.717) is 6.42 Å². The van der Waals surface area contributed by atoms with E-state index in [2.05, 4.69) is 4.90 Å². The van der Waals surface area contributed by atoms with Crippen LogP contribution in [-0.2, 0) is 4.79 Å². The molecule has 1 aliphatic heterocycles. The molecule has 1 saturated heterocycles. The summed E-state index contributed by atoms with van der Waals surface area (Å²) in [7, 11) is 1.98. The number of hydrogen-bond donors (Lipinski definition) is 1. The maximum Gasteiger partial charge on any atom is 0.152 e. The van der Waals surface area contributed by atoms with Gasteiger partial charge >= 0.3 is 0 Å². The lowest BCUT2D eigenvalue weighted by molar-refractivity contribution is -0.122. The van der Waals surface area contributed by atoms with Crippen molar-refractivity contribution in [2.75, 3.05) is 20.1 Å². The van der Waals surface area contributed by atoms with Crippen molar-refractivity contribution in [3.05, 3.63) is 0 Å². The van der Waals surface area contributed by atoms with Gasteiger partial charge in [-0.25, -0.2) is 0 Å². The molecule has 1 fully saturated rings. The molecule has 5 heteroatoms. The fraction of sp³-hybridized carbons (Fsp3) is 0.833. The van der Waals surface area contributed by atoms with E-state index in [0.717, 1.165) is 13.1 Å². The van der Waals surface area contributed by atoms with Crippen molar-refractivity contribution in [1.29, 1.82) is 0 Å². The van der Waals surface area contributed by atoms with Gasteiger partial charge in [0.05, 0.1) is 6.04 Å². The zero-order valence-electron chi connectivity index (χ0n) is 6.45. The van der Waals surface area contributed by atoms with Crippen LogP contribution in [0.3, 0.4) is 0 Å². The summed E-state index contributed by atoms with van der Waals surface area (Å²) in [4.78, 5) is 12.9. The number of hydrogen-bond acceptors (Lipinski definition) is 3. The Labute approximate surface area is 79.1 Å². The SMILES string of the molecule is CN1CCC(=O)C(N)C1.Cl.Cl. The molecule has 0 aromatic heterocycles. The fourth-order valence-electron chi connectivity index (χ4n) is 1.02. The number of carbonyl (C=O) groups is 1. The van der Waals surface area contributed by atoms with E-state index < -0.39 is 0 Å². The number of halogens is 2. The van der Waals surface area contributed by atoms with Gasteiger partial charge in [-0.05, 0) is 7.05 Å². The monoisotopic (exact) mass is 200 g/mol. The largest absolute Gasteiger partial charge is 0.320 e. The number of carbonyl (C=O) groups excluding carboxylic acids is 1. The Morgan fingerprint density at radius 2 is 2.09 bits per heavy atom. The highest BCUT2D eigenvalue weighted by Gasteiger charge is 2.20. The molecule has 1 rings (SSSR count). The molecule has 0 aromatic carbocycles. The Kier molecular flexibility index (Phi) is 7.21. The molecule has 0 aromatic rings. The van der Waals surface area contributed by atoms with Gasteiger partial charge in [-0.15, -0.1) is 24.8 Å². The lowest BCUT2D eigenvalue weighted by atomic mass is 10.1. The van der Waals surface area contributed by atoms with Gasteiger partial charge in [-0.1, -0.05) is 0 Å². The van der Waals surface area contributed by atoms with E-state index in [9.17, 15) is 4.79 Å². The predicted octanol–water partition coefficient (Wildman–Crippen LogP) is 0.0619. The van der Waals surface area contributed by atoms with Crippen LogP contribution in [0.1, 0.15) is 6.42 Å². The topological polar surface area (TPSA) is 46.3 Å². The molecule has 1 unspecified atom stereocenters. The molecule has 0 radical (unpaired) electrons. The average Bonchev–Trinajstić information content (AvgIpc) is 1.80.